The Morgan fingerprint density at radius 1 is 1.23 bits per heavy atom. The molecule has 144 valence electrons. The summed E-state index contributed by atoms with van der Waals surface area (Å²) in [7, 11) is 0. The van der Waals surface area contributed by atoms with Crippen molar-refractivity contribution < 1.29 is 27.5 Å². The first-order chi connectivity index (χ1) is 12.0. The average Bonchev–Trinajstić information content (AvgIpc) is 2.52. The van der Waals surface area contributed by atoms with E-state index in [-0.39, 0.29) is 5.82 Å². The van der Waals surface area contributed by atoms with E-state index in [1.807, 2.05) is 0 Å². The van der Waals surface area contributed by atoms with Crippen molar-refractivity contribution in [1.82, 2.24) is 9.88 Å². The van der Waals surface area contributed by atoms with Gasteiger partial charge < -0.3 is 10.1 Å². The van der Waals surface area contributed by atoms with Gasteiger partial charge in [-0.25, -0.2) is 9.78 Å². The minimum atomic E-state index is -4.60. The van der Waals surface area contributed by atoms with E-state index in [4.69, 9.17) is 4.74 Å². The predicted molar refractivity (Wildman–Crippen MR) is 88.4 cm³/mol. The monoisotopic (exact) mass is 373 g/mol. The minimum Gasteiger partial charge on any atom is -0.444 e. The summed E-state index contributed by atoms with van der Waals surface area (Å²) in [5.74, 6) is -0.790. The van der Waals surface area contributed by atoms with Gasteiger partial charge in [-0.15, -0.1) is 0 Å². The van der Waals surface area contributed by atoms with Crippen molar-refractivity contribution in [3.05, 3.63) is 23.9 Å². The van der Waals surface area contributed by atoms with E-state index in [1.54, 1.807) is 20.8 Å². The molecule has 2 amide bonds. The van der Waals surface area contributed by atoms with Crippen LogP contribution < -0.4 is 5.32 Å². The van der Waals surface area contributed by atoms with Gasteiger partial charge in [0.25, 0.3) is 0 Å². The highest BCUT2D eigenvalue weighted by atomic mass is 19.4. The number of ether oxygens (including phenoxy) is 1. The van der Waals surface area contributed by atoms with E-state index in [2.05, 4.69) is 10.3 Å². The first-order valence-corrected chi connectivity index (χ1v) is 8.32. The molecule has 0 unspecified atom stereocenters. The Bertz CT molecular complexity index is 671. The fraction of sp³-hybridized carbons (Fsp3) is 0.588. The van der Waals surface area contributed by atoms with Gasteiger partial charge in [0.05, 0.1) is 0 Å². The number of carbonyl (C=O) groups is 2. The summed E-state index contributed by atoms with van der Waals surface area (Å²) in [4.78, 5) is 29.6. The number of aromatic nitrogens is 1. The van der Waals surface area contributed by atoms with Crippen molar-refractivity contribution >= 4 is 17.8 Å². The molecule has 1 N–H and O–H groups in total. The summed E-state index contributed by atoms with van der Waals surface area (Å²) in [5.41, 5.74) is -1.80. The Kier molecular flexibility index (Phi) is 5.77. The summed E-state index contributed by atoms with van der Waals surface area (Å²) in [6.07, 6.45) is -3.36. The first kappa shape index (κ1) is 20.0. The van der Waals surface area contributed by atoms with E-state index in [1.165, 1.54) is 11.0 Å². The molecule has 6 nitrogen and oxygen atoms in total. The highest BCUT2D eigenvalue weighted by Crippen LogP contribution is 2.28. The summed E-state index contributed by atoms with van der Waals surface area (Å²) < 4.78 is 43.5. The number of carbonyl (C=O) groups excluding carboxylic acids is 2. The molecule has 1 aliphatic heterocycles. The third kappa shape index (κ3) is 5.34. The van der Waals surface area contributed by atoms with Crippen molar-refractivity contribution in [2.45, 2.75) is 57.9 Å². The van der Waals surface area contributed by atoms with Gasteiger partial charge >= 0.3 is 12.3 Å². The first-order valence-electron chi connectivity index (χ1n) is 8.32. The number of nitrogens with zero attached hydrogens (tertiary/aromatic N) is 2. The standard InChI is InChI=1S/C17H22F3N3O3/c1-16(2,3)26-15(25)23-10-5-4-7-11(23)14(24)22-13-9-6-8-12(21-13)17(18,19)20/h6,8-9,11H,4-5,7,10H2,1-3H3,(H,21,22,24)/t11-/m0/s1. The van der Waals surface area contributed by atoms with Crippen molar-refractivity contribution in [1.29, 1.82) is 0 Å². The molecule has 2 rings (SSSR count). The Balaban J connectivity index is 2.12. The van der Waals surface area contributed by atoms with E-state index in [9.17, 15) is 22.8 Å². The Labute approximate surface area is 149 Å². The van der Waals surface area contributed by atoms with E-state index in [0.29, 0.717) is 13.0 Å². The quantitative estimate of drug-likeness (QED) is 0.855. The van der Waals surface area contributed by atoms with Gasteiger partial charge in [-0.3, -0.25) is 9.69 Å². The molecule has 0 aromatic carbocycles. The van der Waals surface area contributed by atoms with Gasteiger partial charge in [0.1, 0.15) is 23.2 Å². The van der Waals surface area contributed by atoms with Gasteiger partial charge in [0.15, 0.2) is 0 Å². The number of amides is 2. The molecule has 0 aliphatic carbocycles. The SMILES string of the molecule is CC(C)(C)OC(=O)N1CCCC[C@H]1C(=O)Nc1cccc(C(F)(F)F)n1. The number of hydrogen-bond donors (Lipinski definition) is 1. The number of pyridine rings is 1. The van der Waals surface area contributed by atoms with Crippen molar-refractivity contribution in [3.63, 3.8) is 0 Å². The third-order valence-electron chi connectivity index (χ3n) is 3.72. The third-order valence-corrected chi connectivity index (χ3v) is 3.72. The lowest BCUT2D eigenvalue weighted by Gasteiger charge is -2.35. The van der Waals surface area contributed by atoms with Crippen LogP contribution in [0.4, 0.5) is 23.8 Å². The maximum absolute atomic E-state index is 12.7. The van der Waals surface area contributed by atoms with Crippen LogP contribution in [-0.4, -0.2) is 40.1 Å². The zero-order valence-electron chi connectivity index (χ0n) is 14.9. The Morgan fingerprint density at radius 3 is 2.54 bits per heavy atom. The second kappa shape index (κ2) is 7.51. The van der Waals surface area contributed by atoms with Gasteiger partial charge in [-0.2, -0.15) is 13.2 Å². The van der Waals surface area contributed by atoms with E-state index < -0.39 is 35.5 Å². The average molecular weight is 373 g/mol. The van der Waals surface area contributed by atoms with Crippen LogP contribution >= 0.6 is 0 Å². The highest BCUT2D eigenvalue weighted by molar-refractivity contribution is 5.96. The fourth-order valence-corrected chi connectivity index (χ4v) is 2.61. The maximum Gasteiger partial charge on any atom is 0.433 e. The normalized spacial score (nSPS) is 18.4. The highest BCUT2D eigenvalue weighted by Gasteiger charge is 2.36. The van der Waals surface area contributed by atoms with Crippen LogP contribution in [0.5, 0.6) is 0 Å². The minimum absolute atomic E-state index is 0.209. The number of anilines is 1. The Morgan fingerprint density at radius 2 is 1.92 bits per heavy atom. The molecule has 1 aromatic rings. The smallest absolute Gasteiger partial charge is 0.433 e. The molecule has 0 spiro atoms. The van der Waals surface area contributed by atoms with E-state index in [0.717, 1.165) is 25.0 Å². The van der Waals surface area contributed by atoms with Gasteiger partial charge in [-0.05, 0) is 52.2 Å². The molecule has 2 heterocycles. The fourth-order valence-electron chi connectivity index (χ4n) is 2.61. The summed E-state index contributed by atoms with van der Waals surface area (Å²) in [6.45, 7) is 5.51. The number of nitrogens with one attached hydrogen (secondary N) is 1. The molecule has 1 aromatic heterocycles. The molecule has 26 heavy (non-hydrogen) atoms. The van der Waals surface area contributed by atoms with Crippen LogP contribution in [-0.2, 0) is 15.7 Å². The molecule has 1 aliphatic rings. The molecular formula is C17H22F3N3O3. The van der Waals surface area contributed by atoms with Crippen LogP contribution in [0.15, 0.2) is 18.2 Å². The molecule has 0 radical (unpaired) electrons. The second-order valence-electron chi connectivity index (χ2n) is 7.08. The lowest BCUT2D eigenvalue weighted by atomic mass is 10.0. The number of rotatable bonds is 2. The van der Waals surface area contributed by atoms with Crippen LogP contribution in [0.25, 0.3) is 0 Å². The zero-order valence-corrected chi connectivity index (χ0v) is 14.9. The number of piperidine rings is 1. The molecule has 1 saturated heterocycles. The van der Waals surface area contributed by atoms with Crippen LogP contribution in [0.2, 0.25) is 0 Å². The summed E-state index contributed by atoms with van der Waals surface area (Å²) in [6, 6.07) is 2.45. The number of halogens is 3. The molecule has 0 bridgehead atoms. The number of hydrogen-bond acceptors (Lipinski definition) is 4. The summed E-state index contributed by atoms with van der Waals surface area (Å²) >= 11 is 0. The van der Waals surface area contributed by atoms with E-state index >= 15 is 0 Å². The topological polar surface area (TPSA) is 71.5 Å². The van der Waals surface area contributed by atoms with Crippen molar-refractivity contribution in [2.24, 2.45) is 0 Å². The van der Waals surface area contributed by atoms with Gasteiger partial charge in [-0.1, -0.05) is 6.07 Å². The van der Waals surface area contributed by atoms with Crippen LogP contribution in [0.3, 0.4) is 0 Å². The lowest BCUT2D eigenvalue weighted by molar-refractivity contribution is -0.141. The maximum atomic E-state index is 12.7. The van der Waals surface area contributed by atoms with Crippen molar-refractivity contribution in [3.8, 4) is 0 Å². The summed E-state index contributed by atoms with van der Waals surface area (Å²) in [5, 5.41) is 2.37. The predicted octanol–water partition coefficient (Wildman–Crippen LogP) is 3.83. The van der Waals surface area contributed by atoms with Gasteiger partial charge in [0.2, 0.25) is 5.91 Å². The van der Waals surface area contributed by atoms with Crippen LogP contribution in [0.1, 0.15) is 45.7 Å². The largest absolute Gasteiger partial charge is 0.444 e. The molecule has 0 saturated carbocycles. The molecule has 1 fully saturated rings. The van der Waals surface area contributed by atoms with Crippen LogP contribution in [0, 0.1) is 0 Å². The number of likely N-dealkylation sites (tertiary alicyclic amines) is 1. The zero-order chi connectivity index (χ0) is 19.5. The molecule has 9 heteroatoms. The second-order valence-corrected chi connectivity index (χ2v) is 7.08. The molecular weight excluding hydrogens is 351 g/mol. The Hall–Kier alpha value is -2.32. The molecule has 1 atom stereocenters. The van der Waals surface area contributed by atoms with Crippen molar-refractivity contribution in [2.75, 3.05) is 11.9 Å². The lowest BCUT2D eigenvalue weighted by Crippen LogP contribution is -2.51. The number of alkyl halides is 3. The van der Waals surface area contributed by atoms with Gasteiger partial charge in [0, 0.05) is 6.54 Å².